The van der Waals surface area contributed by atoms with Gasteiger partial charge >= 0.3 is 11.9 Å². The van der Waals surface area contributed by atoms with Crippen LogP contribution in [0.5, 0.6) is 0 Å². The quantitative estimate of drug-likeness (QED) is 0.337. The van der Waals surface area contributed by atoms with E-state index in [1.807, 2.05) is 13.8 Å². The first kappa shape index (κ1) is 21.9. The Kier molecular flexibility index (Phi) is 6.71. The number of esters is 2. The van der Waals surface area contributed by atoms with Crippen molar-refractivity contribution in [2.45, 2.75) is 30.9 Å². The largest absolute Gasteiger partial charge is 0.465 e. The third-order valence-corrected chi connectivity index (χ3v) is 7.25. The van der Waals surface area contributed by atoms with Crippen LogP contribution < -0.4 is 0 Å². The molecule has 0 saturated carbocycles. The lowest BCUT2D eigenvalue weighted by atomic mass is 9.74. The molecule has 8 heteroatoms. The second kappa shape index (κ2) is 8.90. The number of thioether (sulfide) groups is 1. The highest BCUT2D eigenvalue weighted by molar-refractivity contribution is 8.01. The average molecular weight is 453 g/mol. The number of benzene rings is 1. The number of ether oxygens (including phenoxy) is 2. The standard InChI is InChI=1S/C21H21ClO5S2/c1-21(2)10-14-16(15(23)11-21)20(29-17(14)19(25)26-3)28-9-8-27-18(24)12-4-6-13(22)7-5-12/h4-7H,8-11H2,1-3H3. The molecule has 0 radical (unpaired) electrons. The maximum absolute atomic E-state index is 12.7. The van der Waals surface area contributed by atoms with E-state index in [1.54, 1.807) is 24.3 Å². The lowest BCUT2D eigenvalue weighted by Crippen LogP contribution is -2.27. The summed E-state index contributed by atoms with van der Waals surface area (Å²) in [5.74, 6) is -0.326. The summed E-state index contributed by atoms with van der Waals surface area (Å²) in [4.78, 5) is 37.5. The van der Waals surface area contributed by atoms with Crippen molar-refractivity contribution in [2.24, 2.45) is 5.41 Å². The van der Waals surface area contributed by atoms with Crippen LogP contribution in [0.15, 0.2) is 28.5 Å². The van der Waals surface area contributed by atoms with Crippen molar-refractivity contribution >= 4 is 52.4 Å². The van der Waals surface area contributed by atoms with E-state index >= 15 is 0 Å². The van der Waals surface area contributed by atoms with Crippen molar-refractivity contribution in [3.8, 4) is 0 Å². The molecule has 0 atom stereocenters. The number of Topliss-reactive ketones (excluding diaryl/α,β-unsaturated/α-hetero) is 1. The molecule has 0 amide bonds. The van der Waals surface area contributed by atoms with Gasteiger partial charge in [-0.05, 0) is 41.7 Å². The Labute approximate surface area is 182 Å². The van der Waals surface area contributed by atoms with Gasteiger partial charge in [-0.1, -0.05) is 25.4 Å². The number of thiophene rings is 1. The van der Waals surface area contributed by atoms with Gasteiger partial charge in [-0.15, -0.1) is 23.1 Å². The number of halogens is 1. The molecule has 1 heterocycles. The first-order chi connectivity index (χ1) is 13.7. The molecule has 0 N–H and O–H groups in total. The monoisotopic (exact) mass is 452 g/mol. The summed E-state index contributed by atoms with van der Waals surface area (Å²) in [6.07, 6.45) is 1.09. The summed E-state index contributed by atoms with van der Waals surface area (Å²) in [6, 6.07) is 6.48. The van der Waals surface area contributed by atoms with Gasteiger partial charge < -0.3 is 9.47 Å². The fraction of sp³-hybridized carbons (Fsp3) is 0.381. The molecule has 29 heavy (non-hydrogen) atoms. The van der Waals surface area contributed by atoms with Crippen LogP contribution >= 0.6 is 34.7 Å². The van der Waals surface area contributed by atoms with Gasteiger partial charge in [0, 0.05) is 22.8 Å². The molecule has 5 nitrogen and oxygen atoms in total. The molecule has 0 fully saturated rings. The summed E-state index contributed by atoms with van der Waals surface area (Å²) < 4.78 is 11.0. The highest BCUT2D eigenvalue weighted by Gasteiger charge is 2.37. The summed E-state index contributed by atoms with van der Waals surface area (Å²) >= 11 is 8.52. The van der Waals surface area contributed by atoms with Crippen molar-refractivity contribution in [2.75, 3.05) is 19.5 Å². The number of methoxy groups -OCH3 is 1. The van der Waals surface area contributed by atoms with Crippen molar-refractivity contribution in [1.29, 1.82) is 0 Å². The van der Waals surface area contributed by atoms with Crippen LogP contribution in [-0.2, 0) is 15.9 Å². The molecule has 1 aromatic carbocycles. The number of hydrogen-bond donors (Lipinski definition) is 0. The molecule has 154 valence electrons. The van der Waals surface area contributed by atoms with Crippen LogP contribution in [0.25, 0.3) is 0 Å². The van der Waals surface area contributed by atoms with Crippen molar-refractivity contribution < 1.29 is 23.9 Å². The van der Waals surface area contributed by atoms with Crippen molar-refractivity contribution in [3.63, 3.8) is 0 Å². The highest BCUT2D eigenvalue weighted by Crippen LogP contribution is 2.45. The van der Waals surface area contributed by atoms with Gasteiger partial charge in [0.2, 0.25) is 0 Å². The molecule has 3 rings (SSSR count). The van der Waals surface area contributed by atoms with Gasteiger partial charge in [0.1, 0.15) is 11.5 Å². The SMILES string of the molecule is COC(=O)c1sc(SCCOC(=O)c2ccc(Cl)cc2)c2c1CC(C)(C)CC2=O. The predicted octanol–water partition coefficient (Wildman–Crippen LogP) is 5.29. The first-order valence-corrected chi connectivity index (χ1v) is 11.2. The zero-order valence-electron chi connectivity index (χ0n) is 16.4. The van der Waals surface area contributed by atoms with Gasteiger partial charge in [0.15, 0.2) is 5.78 Å². The van der Waals surface area contributed by atoms with E-state index in [9.17, 15) is 14.4 Å². The summed E-state index contributed by atoms with van der Waals surface area (Å²) in [5, 5.41) is 0.550. The maximum atomic E-state index is 12.7. The first-order valence-electron chi connectivity index (χ1n) is 9.04. The Morgan fingerprint density at radius 3 is 2.52 bits per heavy atom. The van der Waals surface area contributed by atoms with Gasteiger partial charge in [-0.2, -0.15) is 0 Å². The minimum absolute atomic E-state index is 0.0447. The number of fused-ring (bicyclic) bond motifs is 1. The van der Waals surface area contributed by atoms with Crippen LogP contribution in [0.4, 0.5) is 0 Å². The number of rotatable bonds is 6. The summed E-state index contributed by atoms with van der Waals surface area (Å²) in [6.45, 7) is 4.23. The lowest BCUT2D eigenvalue weighted by molar-refractivity contribution is 0.0529. The molecule has 1 aromatic heterocycles. The Morgan fingerprint density at radius 1 is 1.17 bits per heavy atom. The number of hydrogen-bond acceptors (Lipinski definition) is 7. The molecule has 0 bridgehead atoms. The molecular weight excluding hydrogens is 432 g/mol. The topological polar surface area (TPSA) is 69.7 Å². The Balaban J connectivity index is 1.69. The fourth-order valence-electron chi connectivity index (χ4n) is 3.25. The number of carbonyl (C=O) groups excluding carboxylic acids is 3. The predicted molar refractivity (Wildman–Crippen MR) is 115 cm³/mol. The fourth-order valence-corrected chi connectivity index (χ4v) is 5.84. The van der Waals surface area contributed by atoms with Crippen molar-refractivity contribution in [3.05, 3.63) is 50.9 Å². The molecule has 0 unspecified atom stereocenters. The highest BCUT2D eigenvalue weighted by atomic mass is 35.5. The zero-order valence-corrected chi connectivity index (χ0v) is 18.8. The van der Waals surface area contributed by atoms with E-state index in [-0.39, 0.29) is 17.8 Å². The summed E-state index contributed by atoms with van der Waals surface area (Å²) in [5.41, 5.74) is 1.65. The third-order valence-electron chi connectivity index (χ3n) is 4.55. The van der Waals surface area contributed by atoms with Crippen LogP contribution in [0.1, 0.15) is 56.2 Å². The molecule has 2 aromatic rings. The van der Waals surface area contributed by atoms with Crippen LogP contribution in [-0.4, -0.2) is 37.2 Å². The number of ketones is 1. The van der Waals surface area contributed by atoms with E-state index in [1.165, 1.54) is 30.2 Å². The van der Waals surface area contributed by atoms with Crippen LogP contribution in [0.2, 0.25) is 5.02 Å². The van der Waals surface area contributed by atoms with E-state index in [0.29, 0.717) is 39.6 Å². The average Bonchev–Trinajstić information content (AvgIpc) is 3.02. The van der Waals surface area contributed by atoms with Crippen LogP contribution in [0.3, 0.4) is 0 Å². The number of carbonyl (C=O) groups is 3. The Bertz CT molecular complexity index is 947. The van der Waals surface area contributed by atoms with Gasteiger partial charge in [0.05, 0.1) is 16.9 Å². The Hall–Kier alpha value is -1.83. The summed E-state index contributed by atoms with van der Waals surface area (Å²) in [7, 11) is 1.34. The van der Waals surface area contributed by atoms with Gasteiger partial charge in [0.25, 0.3) is 0 Å². The molecule has 1 aliphatic rings. The van der Waals surface area contributed by atoms with E-state index in [0.717, 1.165) is 9.77 Å². The minimum Gasteiger partial charge on any atom is -0.465 e. The van der Waals surface area contributed by atoms with Gasteiger partial charge in [-0.3, -0.25) is 4.79 Å². The smallest absolute Gasteiger partial charge is 0.348 e. The molecule has 0 saturated heterocycles. The minimum atomic E-state index is -0.427. The van der Waals surface area contributed by atoms with E-state index in [2.05, 4.69) is 0 Å². The van der Waals surface area contributed by atoms with E-state index in [4.69, 9.17) is 21.1 Å². The normalized spacial score (nSPS) is 15.0. The van der Waals surface area contributed by atoms with Gasteiger partial charge in [-0.25, -0.2) is 9.59 Å². The van der Waals surface area contributed by atoms with Crippen molar-refractivity contribution in [1.82, 2.24) is 0 Å². The molecule has 0 spiro atoms. The zero-order chi connectivity index (χ0) is 21.2. The second-order valence-corrected chi connectivity index (χ2v) is 10.3. The Morgan fingerprint density at radius 2 is 1.86 bits per heavy atom. The maximum Gasteiger partial charge on any atom is 0.348 e. The molecular formula is C21H21ClO5S2. The van der Waals surface area contributed by atoms with E-state index < -0.39 is 11.9 Å². The second-order valence-electron chi connectivity index (χ2n) is 7.50. The molecule has 0 aliphatic heterocycles. The third kappa shape index (κ3) is 5.02. The lowest BCUT2D eigenvalue weighted by Gasteiger charge is -2.29. The molecule has 1 aliphatic carbocycles. The van der Waals surface area contributed by atoms with Crippen LogP contribution in [0, 0.1) is 5.41 Å².